The van der Waals surface area contributed by atoms with E-state index in [4.69, 9.17) is 4.74 Å². The molecule has 1 aliphatic heterocycles. The van der Waals surface area contributed by atoms with E-state index in [0.717, 1.165) is 23.5 Å². The molecule has 222 valence electrons. The van der Waals surface area contributed by atoms with E-state index in [1.807, 2.05) is 18.9 Å². The fourth-order valence-electron chi connectivity index (χ4n) is 4.61. The quantitative estimate of drug-likeness (QED) is 0.357. The number of anilines is 1. The van der Waals surface area contributed by atoms with Gasteiger partial charge in [0.15, 0.2) is 0 Å². The number of nitrogens with one attached hydrogen (secondary N) is 1. The van der Waals surface area contributed by atoms with E-state index in [-0.39, 0.29) is 40.3 Å². The highest BCUT2D eigenvalue weighted by molar-refractivity contribution is 7.94. The minimum absolute atomic E-state index is 0.132. The number of amides is 1. The number of halogens is 3. The van der Waals surface area contributed by atoms with Crippen molar-refractivity contribution >= 4 is 33.0 Å². The molecule has 0 saturated heterocycles. The highest BCUT2D eigenvalue weighted by atomic mass is 32.2. The Morgan fingerprint density at radius 1 is 1.20 bits per heavy atom. The molecule has 3 aromatic rings. The van der Waals surface area contributed by atoms with Crippen LogP contribution in [0.25, 0.3) is 0 Å². The third-order valence-electron chi connectivity index (χ3n) is 6.90. The molecule has 2 aromatic carbocycles. The van der Waals surface area contributed by atoms with E-state index in [1.165, 1.54) is 30.3 Å². The van der Waals surface area contributed by atoms with Crippen LogP contribution in [0.1, 0.15) is 35.3 Å². The second-order valence-corrected chi connectivity index (χ2v) is 13.1. The van der Waals surface area contributed by atoms with Crippen LogP contribution in [0.3, 0.4) is 0 Å². The first kappa shape index (κ1) is 30.8. The molecule has 4 rings (SSSR count). The Labute approximate surface area is 241 Å². The number of sulfonamides is 1. The van der Waals surface area contributed by atoms with Gasteiger partial charge in [0.25, 0.3) is 15.9 Å². The van der Waals surface area contributed by atoms with Crippen molar-refractivity contribution < 1.29 is 36.2 Å². The molecule has 8 nitrogen and oxygen atoms in total. The molecule has 2 N–H and O–H groups in total. The van der Waals surface area contributed by atoms with Crippen molar-refractivity contribution in [2.75, 3.05) is 31.5 Å². The molecular weight excluding hydrogens is 579 g/mol. The summed E-state index contributed by atoms with van der Waals surface area (Å²) in [4.78, 5) is 17.1. The average Bonchev–Trinajstić information content (AvgIpc) is 3.47. The molecule has 1 aliphatic rings. The van der Waals surface area contributed by atoms with Gasteiger partial charge in [-0.3, -0.25) is 14.4 Å². The van der Waals surface area contributed by atoms with E-state index in [9.17, 15) is 31.5 Å². The summed E-state index contributed by atoms with van der Waals surface area (Å²) in [5.74, 6) is -0.306. The number of carbonyl (C=O) groups is 1. The maximum atomic E-state index is 13.6. The Kier molecular flexibility index (Phi) is 9.32. The lowest BCUT2D eigenvalue weighted by Crippen LogP contribution is -2.49. The summed E-state index contributed by atoms with van der Waals surface area (Å²) in [7, 11) is -2.02. The third kappa shape index (κ3) is 7.39. The molecule has 0 radical (unpaired) electrons. The molecule has 0 spiro atoms. The minimum atomic E-state index is -4.40. The SMILES string of the molecule is CC1CN(C(C)CO)C(=O)c2cc(NS(=O)(=O)c3cccs3)ccc2OC1CN(C)Cc1ccc(C(F)(F)F)cc1. The van der Waals surface area contributed by atoms with Crippen LogP contribution in [0.4, 0.5) is 18.9 Å². The van der Waals surface area contributed by atoms with Gasteiger partial charge in [-0.15, -0.1) is 11.3 Å². The average molecular weight is 612 g/mol. The number of likely N-dealkylation sites (N-methyl/N-ethyl adjacent to an activating group) is 1. The lowest BCUT2D eigenvalue weighted by atomic mass is 9.99. The fraction of sp³-hybridized carbons (Fsp3) is 0.393. The second kappa shape index (κ2) is 12.4. The van der Waals surface area contributed by atoms with E-state index in [0.29, 0.717) is 18.7 Å². The van der Waals surface area contributed by atoms with Gasteiger partial charge >= 0.3 is 6.18 Å². The van der Waals surface area contributed by atoms with Gasteiger partial charge in [-0.25, -0.2) is 8.42 Å². The van der Waals surface area contributed by atoms with Crippen LogP contribution in [-0.2, 0) is 22.7 Å². The number of fused-ring (bicyclic) bond motifs is 1. The molecule has 1 aromatic heterocycles. The molecule has 13 heteroatoms. The van der Waals surface area contributed by atoms with Crippen LogP contribution in [0.5, 0.6) is 5.75 Å². The third-order valence-corrected chi connectivity index (χ3v) is 9.68. The number of ether oxygens (including phenoxy) is 1. The zero-order valence-corrected chi connectivity index (χ0v) is 24.4. The summed E-state index contributed by atoms with van der Waals surface area (Å²) in [5, 5.41) is 11.5. The summed E-state index contributed by atoms with van der Waals surface area (Å²) in [5.41, 5.74) is 0.333. The molecule has 2 heterocycles. The van der Waals surface area contributed by atoms with Crippen LogP contribution in [0.2, 0.25) is 0 Å². The Balaban J connectivity index is 1.58. The first-order valence-corrected chi connectivity index (χ1v) is 15.3. The number of aliphatic hydroxyl groups excluding tert-OH is 1. The van der Waals surface area contributed by atoms with Gasteiger partial charge in [0, 0.05) is 31.2 Å². The molecule has 3 unspecified atom stereocenters. The lowest BCUT2D eigenvalue weighted by molar-refractivity contribution is -0.137. The van der Waals surface area contributed by atoms with Crippen LogP contribution in [0.15, 0.2) is 64.2 Å². The van der Waals surface area contributed by atoms with E-state index >= 15 is 0 Å². The largest absolute Gasteiger partial charge is 0.488 e. The number of hydrogen-bond acceptors (Lipinski definition) is 7. The maximum absolute atomic E-state index is 13.6. The molecular formula is C28H32F3N3O5S2. The standard InChI is InChI=1S/C28H32F3N3O5S2/c1-18-14-34(19(2)17-35)27(36)23-13-22(32-41(37,38)26-5-4-12-40-26)10-11-24(23)39-25(18)16-33(3)15-20-6-8-21(9-7-20)28(29,30)31/h4-13,18-19,25,32,35H,14-17H2,1-3H3. The van der Waals surface area contributed by atoms with Gasteiger partial charge in [0.1, 0.15) is 16.1 Å². The van der Waals surface area contributed by atoms with Gasteiger partial charge in [-0.2, -0.15) is 13.2 Å². The fourth-order valence-corrected chi connectivity index (χ4v) is 6.65. The summed E-state index contributed by atoms with van der Waals surface area (Å²) in [6, 6.07) is 12.1. The van der Waals surface area contributed by atoms with Gasteiger partial charge in [-0.05, 0) is 61.3 Å². The molecule has 41 heavy (non-hydrogen) atoms. The zero-order chi connectivity index (χ0) is 29.9. The summed E-state index contributed by atoms with van der Waals surface area (Å²) >= 11 is 1.07. The Bertz CT molecular complexity index is 1450. The second-order valence-electron chi connectivity index (χ2n) is 10.3. The molecule has 0 bridgehead atoms. The van der Waals surface area contributed by atoms with Crippen molar-refractivity contribution in [3.63, 3.8) is 0 Å². The molecule has 3 atom stereocenters. The van der Waals surface area contributed by atoms with Crippen molar-refractivity contribution in [1.29, 1.82) is 0 Å². The smallest absolute Gasteiger partial charge is 0.416 e. The van der Waals surface area contributed by atoms with Crippen molar-refractivity contribution in [3.8, 4) is 5.75 Å². The number of carbonyl (C=O) groups excluding carboxylic acids is 1. The number of alkyl halides is 3. The van der Waals surface area contributed by atoms with Crippen LogP contribution < -0.4 is 9.46 Å². The highest BCUT2D eigenvalue weighted by Gasteiger charge is 2.34. The van der Waals surface area contributed by atoms with Crippen LogP contribution in [-0.4, -0.2) is 68.1 Å². The Morgan fingerprint density at radius 3 is 2.51 bits per heavy atom. The van der Waals surface area contributed by atoms with Crippen molar-refractivity contribution in [2.24, 2.45) is 5.92 Å². The zero-order valence-electron chi connectivity index (χ0n) is 22.8. The summed E-state index contributed by atoms with van der Waals surface area (Å²) in [6.45, 7) is 4.42. The molecule has 0 aliphatic carbocycles. The Morgan fingerprint density at radius 2 is 1.90 bits per heavy atom. The first-order chi connectivity index (χ1) is 19.3. The first-order valence-electron chi connectivity index (χ1n) is 12.9. The highest BCUT2D eigenvalue weighted by Crippen LogP contribution is 2.32. The van der Waals surface area contributed by atoms with Gasteiger partial charge < -0.3 is 14.7 Å². The number of nitrogens with zero attached hydrogens (tertiary/aromatic N) is 2. The number of benzene rings is 2. The number of aliphatic hydroxyl groups is 1. The van der Waals surface area contributed by atoms with E-state index in [2.05, 4.69) is 4.72 Å². The summed E-state index contributed by atoms with van der Waals surface area (Å²) < 4.78 is 73.3. The molecule has 1 amide bonds. The topological polar surface area (TPSA) is 99.2 Å². The predicted octanol–water partition coefficient (Wildman–Crippen LogP) is 4.92. The van der Waals surface area contributed by atoms with Crippen LogP contribution in [0, 0.1) is 5.92 Å². The van der Waals surface area contributed by atoms with Crippen LogP contribution >= 0.6 is 11.3 Å². The Hall–Kier alpha value is -3.13. The monoisotopic (exact) mass is 611 g/mol. The normalized spacial score (nSPS) is 18.8. The van der Waals surface area contributed by atoms with Gasteiger partial charge in [0.05, 0.1) is 23.8 Å². The predicted molar refractivity (Wildman–Crippen MR) is 151 cm³/mol. The number of thiophene rings is 1. The van der Waals surface area contributed by atoms with Gasteiger partial charge in [0.2, 0.25) is 0 Å². The van der Waals surface area contributed by atoms with Crippen molar-refractivity contribution in [2.45, 2.75) is 42.9 Å². The molecule has 0 fully saturated rings. The number of hydrogen-bond donors (Lipinski definition) is 2. The molecule has 0 saturated carbocycles. The van der Waals surface area contributed by atoms with Crippen molar-refractivity contribution in [3.05, 3.63) is 76.7 Å². The van der Waals surface area contributed by atoms with E-state index < -0.39 is 39.8 Å². The lowest BCUT2D eigenvalue weighted by Gasteiger charge is -2.38. The minimum Gasteiger partial charge on any atom is -0.488 e. The van der Waals surface area contributed by atoms with E-state index in [1.54, 1.807) is 29.3 Å². The van der Waals surface area contributed by atoms with Crippen molar-refractivity contribution in [1.82, 2.24) is 9.80 Å². The maximum Gasteiger partial charge on any atom is 0.416 e. The van der Waals surface area contributed by atoms with Gasteiger partial charge in [-0.1, -0.05) is 25.1 Å². The summed E-state index contributed by atoms with van der Waals surface area (Å²) in [6.07, 6.45) is -4.83. The number of rotatable bonds is 9.